The third kappa shape index (κ3) is 4.69. The molecule has 1 aromatic rings. The van der Waals surface area contributed by atoms with Crippen molar-refractivity contribution in [3.63, 3.8) is 0 Å². The van der Waals surface area contributed by atoms with Gasteiger partial charge in [0.2, 0.25) is 0 Å². The molecule has 0 radical (unpaired) electrons. The summed E-state index contributed by atoms with van der Waals surface area (Å²) in [5.41, 5.74) is 0.956. The Hall–Kier alpha value is -1.91. The Bertz CT molecular complexity index is 421. The number of ether oxygens (including phenoxy) is 2. The minimum absolute atomic E-state index is 0.163. The predicted molar refractivity (Wildman–Crippen MR) is 74.7 cm³/mol. The number of nitrogens with one attached hydrogen (secondary N) is 2. The van der Waals surface area contributed by atoms with Crippen LogP contribution in [0.4, 0.5) is 4.79 Å². The molecule has 0 aliphatic heterocycles. The minimum atomic E-state index is -0.163. The van der Waals surface area contributed by atoms with Crippen LogP contribution in [-0.2, 0) is 6.54 Å². The number of rotatable bonds is 6. The van der Waals surface area contributed by atoms with E-state index in [9.17, 15) is 4.79 Å². The van der Waals surface area contributed by atoms with Crippen LogP contribution < -0.4 is 20.1 Å². The smallest absolute Gasteiger partial charge is 0.315 e. The quantitative estimate of drug-likeness (QED) is 0.830. The summed E-state index contributed by atoms with van der Waals surface area (Å²) in [7, 11) is 3.18. The molecule has 19 heavy (non-hydrogen) atoms. The van der Waals surface area contributed by atoms with Crippen LogP contribution in [0.25, 0.3) is 0 Å². The Morgan fingerprint density at radius 1 is 1.26 bits per heavy atom. The molecule has 0 saturated heterocycles. The molecule has 106 valence electrons. The number of carbonyl (C=O) groups excluding carboxylic acids is 1. The molecular weight excluding hydrogens is 244 g/mol. The fraction of sp³-hybridized carbons (Fsp3) is 0.500. The second-order valence-electron chi connectivity index (χ2n) is 4.33. The minimum Gasteiger partial charge on any atom is -0.493 e. The molecule has 0 aliphatic carbocycles. The standard InChI is InChI=1S/C14H22N2O3/c1-5-10(2)16-14(17)15-9-11-6-7-12(18-3)13(8-11)19-4/h6-8,10H,5,9H2,1-4H3,(H2,15,16,17)/t10-/m0/s1. The number of urea groups is 1. The van der Waals surface area contributed by atoms with Gasteiger partial charge in [0.05, 0.1) is 14.2 Å². The van der Waals surface area contributed by atoms with E-state index in [2.05, 4.69) is 10.6 Å². The number of benzene rings is 1. The molecule has 1 atom stereocenters. The van der Waals surface area contributed by atoms with Gasteiger partial charge in [0, 0.05) is 12.6 Å². The fourth-order valence-electron chi connectivity index (χ4n) is 1.55. The van der Waals surface area contributed by atoms with Crippen molar-refractivity contribution >= 4 is 6.03 Å². The zero-order valence-corrected chi connectivity index (χ0v) is 11.9. The number of carbonyl (C=O) groups is 1. The van der Waals surface area contributed by atoms with Crippen molar-refractivity contribution in [1.29, 1.82) is 0 Å². The summed E-state index contributed by atoms with van der Waals surface area (Å²) in [6, 6.07) is 5.57. The first-order chi connectivity index (χ1) is 9.10. The lowest BCUT2D eigenvalue weighted by Gasteiger charge is -2.13. The highest BCUT2D eigenvalue weighted by Crippen LogP contribution is 2.27. The fourth-order valence-corrected chi connectivity index (χ4v) is 1.55. The predicted octanol–water partition coefficient (Wildman–Crippen LogP) is 2.30. The van der Waals surface area contributed by atoms with Gasteiger partial charge in [0.15, 0.2) is 11.5 Å². The van der Waals surface area contributed by atoms with Gasteiger partial charge < -0.3 is 20.1 Å². The third-order valence-electron chi connectivity index (χ3n) is 2.89. The Morgan fingerprint density at radius 3 is 2.53 bits per heavy atom. The summed E-state index contributed by atoms with van der Waals surface area (Å²) in [4.78, 5) is 11.6. The van der Waals surface area contributed by atoms with Gasteiger partial charge in [-0.25, -0.2) is 4.79 Å². The van der Waals surface area contributed by atoms with Gasteiger partial charge in [0.1, 0.15) is 0 Å². The highest BCUT2D eigenvalue weighted by atomic mass is 16.5. The molecule has 5 nitrogen and oxygen atoms in total. The van der Waals surface area contributed by atoms with Crippen molar-refractivity contribution in [1.82, 2.24) is 10.6 Å². The molecule has 0 aromatic heterocycles. The maximum absolute atomic E-state index is 11.6. The molecular formula is C14H22N2O3. The van der Waals surface area contributed by atoms with Gasteiger partial charge in [-0.3, -0.25) is 0 Å². The van der Waals surface area contributed by atoms with Crippen LogP contribution in [0.5, 0.6) is 11.5 Å². The lowest BCUT2D eigenvalue weighted by Crippen LogP contribution is -2.40. The average molecular weight is 266 g/mol. The molecule has 0 saturated carbocycles. The average Bonchev–Trinajstić information content (AvgIpc) is 2.44. The highest BCUT2D eigenvalue weighted by molar-refractivity contribution is 5.74. The summed E-state index contributed by atoms with van der Waals surface area (Å²) in [5, 5.41) is 5.65. The monoisotopic (exact) mass is 266 g/mol. The van der Waals surface area contributed by atoms with Gasteiger partial charge >= 0.3 is 6.03 Å². The van der Waals surface area contributed by atoms with Crippen LogP contribution in [0, 0.1) is 0 Å². The lowest BCUT2D eigenvalue weighted by atomic mass is 10.2. The Balaban J connectivity index is 2.56. The Labute approximate surface area is 114 Å². The SMILES string of the molecule is CC[C@H](C)NC(=O)NCc1ccc(OC)c(OC)c1. The summed E-state index contributed by atoms with van der Waals surface area (Å²) >= 11 is 0. The molecule has 2 amide bonds. The summed E-state index contributed by atoms with van der Waals surface area (Å²) < 4.78 is 10.4. The first kappa shape index (κ1) is 15.1. The van der Waals surface area contributed by atoms with E-state index in [0.717, 1.165) is 12.0 Å². The van der Waals surface area contributed by atoms with E-state index in [-0.39, 0.29) is 12.1 Å². The number of hydrogen-bond acceptors (Lipinski definition) is 3. The molecule has 0 aliphatic rings. The van der Waals surface area contributed by atoms with Crippen molar-refractivity contribution in [3.05, 3.63) is 23.8 Å². The molecule has 0 bridgehead atoms. The van der Waals surface area contributed by atoms with Crippen molar-refractivity contribution in [2.24, 2.45) is 0 Å². The molecule has 1 aromatic carbocycles. The second kappa shape index (κ2) is 7.51. The summed E-state index contributed by atoms with van der Waals surface area (Å²) in [6.45, 7) is 4.44. The van der Waals surface area contributed by atoms with Gasteiger partial charge in [0.25, 0.3) is 0 Å². The van der Waals surface area contributed by atoms with Crippen molar-refractivity contribution in [3.8, 4) is 11.5 Å². The lowest BCUT2D eigenvalue weighted by molar-refractivity contribution is 0.237. The van der Waals surface area contributed by atoms with Crippen LogP contribution in [0.3, 0.4) is 0 Å². The highest BCUT2D eigenvalue weighted by Gasteiger charge is 2.07. The molecule has 5 heteroatoms. The molecule has 0 spiro atoms. The molecule has 2 N–H and O–H groups in total. The van der Waals surface area contributed by atoms with E-state index in [0.29, 0.717) is 18.0 Å². The van der Waals surface area contributed by atoms with Gasteiger partial charge in [-0.05, 0) is 31.0 Å². The van der Waals surface area contributed by atoms with Crippen LogP contribution in [-0.4, -0.2) is 26.3 Å². The van der Waals surface area contributed by atoms with E-state index in [1.54, 1.807) is 14.2 Å². The van der Waals surface area contributed by atoms with Crippen molar-refractivity contribution < 1.29 is 14.3 Å². The van der Waals surface area contributed by atoms with Crippen LogP contribution in [0.15, 0.2) is 18.2 Å². The van der Waals surface area contributed by atoms with E-state index >= 15 is 0 Å². The maximum atomic E-state index is 11.6. The Kier molecular flexibility index (Phi) is 5.99. The molecule has 0 fully saturated rings. The summed E-state index contributed by atoms with van der Waals surface area (Å²) in [5.74, 6) is 1.33. The zero-order valence-electron chi connectivity index (χ0n) is 11.9. The van der Waals surface area contributed by atoms with Gasteiger partial charge in [-0.1, -0.05) is 13.0 Å². The number of hydrogen-bond donors (Lipinski definition) is 2. The number of amides is 2. The topological polar surface area (TPSA) is 59.6 Å². The molecule has 0 unspecified atom stereocenters. The largest absolute Gasteiger partial charge is 0.493 e. The zero-order chi connectivity index (χ0) is 14.3. The van der Waals surface area contributed by atoms with Crippen LogP contribution in [0.2, 0.25) is 0 Å². The van der Waals surface area contributed by atoms with E-state index in [1.165, 1.54) is 0 Å². The summed E-state index contributed by atoms with van der Waals surface area (Å²) in [6.07, 6.45) is 0.907. The van der Waals surface area contributed by atoms with E-state index in [1.807, 2.05) is 32.0 Å². The molecule has 0 heterocycles. The second-order valence-corrected chi connectivity index (χ2v) is 4.33. The van der Waals surface area contributed by atoms with Crippen molar-refractivity contribution in [2.45, 2.75) is 32.9 Å². The Morgan fingerprint density at radius 2 is 1.95 bits per heavy atom. The van der Waals surface area contributed by atoms with E-state index in [4.69, 9.17) is 9.47 Å². The van der Waals surface area contributed by atoms with Gasteiger partial charge in [-0.2, -0.15) is 0 Å². The first-order valence-electron chi connectivity index (χ1n) is 6.36. The van der Waals surface area contributed by atoms with E-state index < -0.39 is 0 Å². The van der Waals surface area contributed by atoms with Crippen LogP contribution >= 0.6 is 0 Å². The van der Waals surface area contributed by atoms with Crippen LogP contribution in [0.1, 0.15) is 25.8 Å². The van der Waals surface area contributed by atoms with Gasteiger partial charge in [-0.15, -0.1) is 0 Å². The normalized spacial score (nSPS) is 11.6. The number of methoxy groups -OCH3 is 2. The van der Waals surface area contributed by atoms with Crippen molar-refractivity contribution in [2.75, 3.05) is 14.2 Å². The first-order valence-corrected chi connectivity index (χ1v) is 6.36. The molecule has 1 rings (SSSR count). The third-order valence-corrected chi connectivity index (χ3v) is 2.89. The maximum Gasteiger partial charge on any atom is 0.315 e.